The van der Waals surface area contributed by atoms with E-state index >= 15 is 0 Å². The number of carbonyl (C=O) groups is 2. The number of hydrogen-bond acceptors (Lipinski definition) is 4. The van der Waals surface area contributed by atoms with Gasteiger partial charge in [-0.1, -0.05) is 19.1 Å². The number of sulfonamides is 1. The van der Waals surface area contributed by atoms with E-state index in [0.29, 0.717) is 0 Å². The first-order valence-electron chi connectivity index (χ1n) is 6.24. The van der Waals surface area contributed by atoms with Gasteiger partial charge in [0.05, 0.1) is 17.0 Å². The van der Waals surface area contributed by atoms with Gasteiger partial charge in [0.25, 0.3) is 0 Å². The molecule has 7 nitrogen and oxygen atoms in total. The van der Waals surface area contributed by atoms with Gasteiger partial charge in [-0.05, 0) is 12.1 Å². The molecule has 0 fully saturated rings. The first-order chi connectivity index (χ1) is 9.71. The van der Waals surface area contributed by atoms with Crippen LogP contribution in [0.1, 0.15) is 17.3 Å². The predicted octanol–water partition coefficient (Wildman–Crippen LogP) is 0.484. The number of aromatic carboxylic acids is 1. The average Bonchev–Trinajstić information content (AvgIpc) is 2.43. The summed E-state index contributed by atoms with van der Waals surface area (Å²) in [5.74, 6) is -1.71. The van der Waals surface area contributed by atoms with Crippen molar-refractivity contribution in [3.63, 3.8) is 0 Å². The van der Waals surface area contributed by atoms with Crippen LogP contribution in [0.4, 0.5) is 0 Å². The highest BCUT2D eigenvalue weighted by molar-refractivity contribution is 7.89. The van der Waals surface area contributed by atoms with Crippen molar-refractivity contribution in [1.29, 1.82) is 0 Å². The van der Waals surface area contributed by atoms with E-state index in [4.69, 9.17) is 5.11 Å². The minimum absolute atomic E-state index is 0.0653. The molecule has 8 heteroatoms. The number of carbonyl (C=O) groups excluding carboxylic acids is 1. The predicted molar refractivity (Wildman–Crippen MR) is 76.5 cm³/mol. The molecule has 0 bridgehead atoms. The molecule has 21 heavy (non-hydrogen) atoms. The maximum absolute atomic E-state index is 12.5. The Hall–Kier alpha value is -1.93. The molecule has 1 aromatic rings. The summed E-state index contributed by atoms with van der Waals surface area (Å²) in [6.07, 6.45) is 0. The summed E-state index contributed by atoms with van der Waals surface area (Å²) in [6.45, 7) is 1.32. The number of amides is 1. The molecule has 0 aliphatic rings. The molecule has 0 spiro atoms. The second kappa shape index (κ2) is 6.68. The Balaban J connectivity index is 3.26. The number of nitrogens with zero attached hydrogens (tertiary/aromatic N) is 2. The lowest BCUT2D eigenvalue weighted by Gasteiger charge is -2.22. The number of carboxylic acid groups (broad SMARTS) is 1. The summed E-state index contributed by atoms with van der Waals surface area (Å²) in [7, 11) is -1.01. The van der Waals surface area contributed by atoms with Crippen LogP contribution in [-0.2, 0) is 14.8 Å². The molecular formula is C13H18N2O5S. The zero-order valence-electron chi connectivity index (χ0n) is 12.1. The fourth-order valence-corrected chi connectivity index (χ4v) is 3.25. The van der Waals surface area contributed by atoms with Gasteiger partial charge < -0.3 is 10.0 Å². The van der Waals surface area contributed by atoms with E-state index in [1.807, 2.05) is 0 Å². The van der Waals surface area contributed by atoms with E-state index in [9.17, 15) is 18.0 Å². The van der Waals surface area contributed by atoms with Gasteiger partial charge in [0.2, 0.25) is 15.9 Å². The summed E-state index contributed by atoms with van der Waals surface area (Å²) in [5, 5.41) is 9.10. The van der Waals surface area contributed by atoms with Gasteiger partial charge >= 0.3 is 5.97 Å². The number of hydrogen-bond donors (Lipinski definition) is 1. The number of benzene rings is 1. The number of rotatable bonds is 6. The van der Waals surface area contributed by atoms with Crippen molar-refractivity contribution in [3.8, 4) is 0 Å². The molecule has 0 aliphatic heterocycles. The van der Waals surface area contributed by atoms with Crippen LogP contribution in [0.5, 0.6) is 0 Å². The van der Waals surface area contributed by atoms with Gasteiger partial charge in [-0.15, -0.1) is 0 Å². The van der Waals surface area contributed by atoms with Crippen molar-refractivity contribution >= 4 is 21.9 Å². The van der Waals surface area contributed by atoms with Gasteiger partial charge in [-0.25, -0.2) is 13.2 Å². The minimum atomic E-state index is -4.05. The highest BCUT2D eigenvalue weighted by atomic mass is 32.2. The van der Waals surface area contributed by atoms with E-state index in [-0.39, 0.29) is 29.5 Å². The largest absolute Gasteiger partial charge is 0.478 e. The Bertz CT molecular complexity index is 640. The van der Waals surface area contributed by atoms with Crippen molar-refractivity contribution in [1.82, 2.24) is 9.21 Å². The SMILES string of the molecule is CCN(CC(=O)N(C)C)S(=O)(=O)c1ccccc1C(=O)O. The zero-order valence-corrected chi connectivity index (χ0v) is 12.9. The third-order valence-electron chi connectivity index (χ3n) is 2.90. The summed E-state index contributed by atoms with van der Waals surface area (Å²) in [6, 6.07) is 5.34. The van der Waals surface area contributed by atoms with E-state index in [1.54, 1.807) is 6.92 Å². The van der Waals surface area contributed by atoms with Crippen LogP contribution in [0, 0.1) is 0 Å². The molecule has 0 atom stereocenters. The maximum Gasteiger partial charge on any atom is 0.337 e. The zero-order chi connectivity index (χ0) is 16.2. The molecular weight excluding hydrogens is 296 g/mol. The minimum Gasteiger partial charge on any atom is -0.478 e. The fraction of sp³-hybridized carbons (Fsp3) is 0.385. The van der Waals surface area contributed by atoms with Crippen LogP contribution in [0.25, 0.3) is 0 Å². The summed E-state index contributed by atoms with van der Waals surface area (Å²) in [5.41, 5.74) is -0.312. The first-order valence-corrected chi connectivity index (χ1v) is 7.68. The van der Waals surface area contributed by atoms with Crippen LogP contribution in [0.15, 0.2) is 29.2 Å². The van der Waals surface area contributed by atoms with Crippen LogP contribution in [-0.4, -0.2) is 61.8 Å². The fourth-order valence-electron chi connectivity index (χ4n) is 1.67. The molecule has 0 heterocycles. The Morgan fingerprint density at radius 2 is 1.76 bits per heavy atom. The molecule has 0 saturated heterocycles. The van der Waals surface area contributed by atoms with Crippen LogP contribution in [0.2, 0.25) is 0 Å². The quantitative estimate of drug-likeness (QED) is 0.824. The van der Waals surface area contributed by atoms with E-state index in [1.165, 1.54) is 43.3 Å². The van der Waals surface area contributed by atoms with Crippen molar-refractivity contribution in [3.05, 3.63) is 29.8 Å². The Kier molecular flexibility index (Phi) is 5.45. The van der Waals surface area contributed by atoms with Gasteiger partial charge in [-0.3, -0.25) is 4.79 Å². The van der Waals surface area contributed by atoms with Crippen molar-refractivity contribution in [2.24, 2.45) is 0 Å². The Morgan fingerprint density at radius 1 is 1.19 bits per heavy atom. The summed E-state index contributed by atoms with van der Waals surface area (Å²) >= 11 is 0. The molecule has 0 unspecified atom stereocenters. The Labute approximate surface area is 123 Å². The molecule has 1 rings (SSSR count). The molecule has 0 radical (unpaired) electrons. The highest BCUT2D eigenvalue weighted by Gasteiger charge is 2.29. The number of carboxylic acids is 1. The lowest BCUT2D eigenvalue weighted by atomic mass is 10.2. The van der Waals surface area contributed by atoms with Crippen molar-refractivity contribution < 1.29 is 23.1 Å². The molecule has 116 valence electrons. The van der Waals surface area contributed by atoms with Crippen molar-refractivity contribution in [2.75, 3.05) is 27.2 Å². The molecule has 0 aromatic heterocycles. The third kappa shape index (κ3) is 3.79. The van der Waals surface area contributed by atoms with E-state index in [2.05, 4.69) is 0 Å². The summed E-state index contributed by atoms with van der Waals surface area (Å²) in [4.78, 5) is 23.8. The third-order valence-corrected chi connectivity index (χ3v) is 4.88. The molecule has 0 saturated carbocycles. The topological polar surface area (TPSA) is 95.0 Å². The lowest BCUT2D eigenvalue weighted by Crippen LogP contribution is -2.40. The molecule has 1 aromatic carbocycles. The van der Waals surface area contributed by atoms with Crippen LogP contribution >= 0.6 is 0 Å². The second-order valence-electron chi connectivity index (χ2n) is 4.52. The maximum atomic E-state index is 12.5. The molecule has 1 amide bonds. The van der Waals surface area contributed by atoms with Gasteiger partial charge in [0, 0.05) is 20.6 Å². The smallest absolute Gasteiger partial charge is 0.337 e. The van der Waals surface area contributed by atoms with E-state index in [0.717, 1.165) is 4.31 Å². The van der Waals surface area contributed by atoms with Crippen LogP contribution in [0.3, 0.4) is 0 Å². The summed E-state index contributed by atoms with van der Waals surface area (Å²) < 4.78 is 26.0. The van der Waals surface area contributed by atoms with Crippen molar-refractivity contribution in [2.45, 2.75) is 11.8 Å². The second-order valence-corrected chi connectivity index (χ2v) is 6.43. The first kappa shape index (κ1) is 17.1. The monoisotopic (exact) mass is 314 g/mol. The van der Waals surface area contributed by atoms with Gasteiger partial charge in [-0.2, -0.15) is 4.31 Å². The standard InChI is InChI=1S/C13H18N2O5S/c1-4-15(9-12(16)14(2)3)21(19,20)11-8-6-5-7-10(11)13(17)18/h5-8H,4,9H2,1-3H3,(H,17,18). The number of likely N-dealkylation sites (N-methyl/N-ethyl adjacent to an activating group) is 2. The normalized spacial score (nSPS) is 11.4. The van der Waals surface area contributed by atoms with Gasteiger partial charge in [0.1, 0.15) is 0 Å². The van der Waals surface area contributed by atoms with E-state index < -0.39 is 16.0 Å². The highest BCUT2D eigenvalue weighted by Crippen LogP contribution is 2.20. The lowest BCUT2D eigenvalue weighted by molar-refractivity contribution is -0.128. The Morgan fingerprint density at radius 3 is 2.24 bits per heavy atom. The van der Waals surface area contributed by atoms with Gasteiger partial charge in [0.15, 0.2) is 0 Å². The molecule has 0 aliphatic carbocycles. The van der Waals surface area contributed by atoms with Crippen LogP contribution < -0.4 is 0 Å². The molecule has 1 N–H and O–H groups in total. The average molecular weight is 314 g/mol.